The molecule has 38 heavy (non-hydrogen) atoms. The summed E-state index contributed by atoms with van der Waals surface area (Å²) in [6.07, 6.45) is 10.0. The minimum Gasteiger partial charge on any atom is -0.370 e. The van der Waals surface area contributed by atoms with E-state index >= 15 is 0 Å². The lowest BCUT2D eigenvalue weighted by molar-refractivity contribution is -0.123. The topological polar surface area (TPSA) is 164 Å². The molecule has 1 aliphatic carbocycles. The van der Waals surface area contributed by atoms with Crippen LogP contribution < -0.4 is 27.0 Å². The third-order valence-electron chi connectivity index (χ3n) is 8.36. The van der Waals surface area contributed by atoms with E-state index in [4.69, 9.17) is 16.9 Å². The summed E-state index contributed by atoms with van der Waals surface area (Å²) in [5.74, 6) is -0.671. The summed E-state index contributed by atoms with van der Waals surface area (Å²) < 4.78 is 0. The van der Waals surface area contributed by atoms with E-state index in [1.165, 1.54) is 32.1 Å². The highest BCUT2D eigenvalue weighted by Crippen LogP contribution is 2.42. The molecular formula is C28H42N8O2. The molecule has 10 heteroatoms. The van der Waals surface area contributed by atoms with Crippen LogP contribution in [0.2, 0.25) is 0 Å². The number of fused-ring (bicyclic) bond motifs is 1. The van der Waals surface area contributed by atoms with Crippen molar-refractivity contribution in [3.8, 4) is 6.07 Å². The average molecular weight is 523 g/mol. The number of guanidine groups is 1. The van der Waals surface area contributed by atoms with Gasteiger partial charge in [0.25, 0.3) is 0 Å². The number of hydrogen-bond donors (Lipinski definition) is 5. The number of anilines is 1. The summed E-state index contributed by atoms with van der Waals surface area (Å²) in [5, 5.41) is 22.2. The zero-order chi connectivity index (χ0) is 27.1. The fourth-order valence-corrected chi connectivity index (χ4v) is 6.30. The van der Waals surface area contributed by atoms with Crippen molar-refractivity contribution in [2.24, 2.45) is 11.5 Å². The van der Waals surface area contributed by atoms with E-state index in [1.54, 1.807) is 6.07 Å². The van der Waals surface area contributed by atoms with Gasteiger partial charge in [-0.15, -0.1) is 0 Å². The molecule has 1 saturated heterocycles. The number of nitriles is 1. The lowest BCUT2D eigenvalue weighted by Crippen LogP contribution is -2.50. The fraction of sp³-hybridized carbons (Fsp3) is 0.643. The van der Waals surface area contributed by atoms with Gasteiger partial charge >= 0.3 is 0 Å². The summed E-state index contributed by atoms with van der Waals surface area (Å²) in [6.45, 7) is 2.86. The number of nitrogens with zero attached hydrogens (tertiary/aromatic N) is 3. The van der Waals surface area contributed by atoms with Crippen LogP contribution in [-0.4, -0.2) is 67.0 Å². The standard InChI is InChI=1S/C28H42N8O2/c29-18-19-8-9-25-23(17-19)22(10-14-33-26(37)24(30)7-4-13-34-28(31)32)27(38)36(25)21-11-15-35(16-12-21)20-5-2-1-3-6-20/h8-9,17,20-22,24H,1-7,10-16,30H2,(H,33,37)(H4,31,32,34)/t22?,24-/m0/s1. The van der Waals surface area contributed by atoms with Crippen molar-refractivity contribution < 1.29 is 9.59 Å². The van der Waals surface area contributed by atoms with Crippen LogP contribution in [0.15, 0.2) is 18.2 Å². The highest BCUT2D eigenvalue weighted by atomic mass is 16.2. The Labute approximate surface area is 225 Å². The Kier molecular flexibility index (Phi) is 9.58. The van der Waals surface area contributed by atoms with Crippen LogP contribution in [0.1, 0.15) is 81.3 Å². The molecule has 1 unspecified atom stereocenters. The first kappa shape index (κ1) is 27.9. The van der Waals surface area contributed by atoms with E-state index in [0.29, 0.717) is 44.0 Å². The zero-order valence-corrected chi connectivity index (χ0v) is 22.3. The van der Waals surface area contributed by atoms with E-state index < -0.39 is 6.04 Å². The molecule has 0 spiro atoms. The number of nitrogens with one attached hydrogen (secondary N) is 3. The van der Waals surface area contributed by atoms with Gasteiger partial charge in [0.15, 0.2) is 5.96 Å². The van der Waals surface area contributed by atoms with Gasteiger partial charge in [0.05, 0.1) is 23.6 Å². The molecule has 1 aromatic carbocycles. The molecule has 1 saturated carbocycles. The van der Waals surface area contributed by atoms with Crippen LogP contribution in [0.3, 0.4) is 0 Å². The van der Waals surface area contributed by atoms with Gasteiger partial charge in [-0.1, -0.05) is 19.3 Å². The maximum Gasteiger partial charge on any atom is 0.236 e. The van der Waals surface area contributed by atoms with Gasteiger partial charge in [0.2, 0.25) is 11.8 Å². The summed E-state index contributed by atoms with van der Waals surface area (Å²) in [4.78, 5) is 30.8. The van der Waals surface area contributed by atoms with Crippen LogP contribution in [0.5, 0.6) is 0 Å². The molecule has 2 heterocycles. The van der Waals surface area contributed by atoms with E-state index in [-0.39, 0.29) is 29.7 Å². The number of carbonyl (C=O) groups is 2. The van der Waals surface area contributed by atoms with Gasteiger partial charge < -0.3 is 31.9 Å². The Morgan fingerprint density at radius 1 is 1.11 bits per heavy atom. The molecular weight excluding hydrogens is 480 g/mol. The van der Waals surface area contributed by atoms with E-state index in [9.17, 15) is 14.9 Å². The second-order valence-electron chi connectivity index (χ2n) is 10.9. The third kappa shape index (κ3) is 6.63. The molecule has 206 valence electrons. The fourth-order valence-electron chi connectivity index (χ4n) is 6.30. The Morgan fingerprint density at radius 3 is 2.53 bits per heavy atom. The maximum atomic E-state index is 13.7. The number of amides is 2. The highest BCUT2D eigenvalue weighted by Gasteiger charge is 2.42. The van der Waals surface area contributed by atoms with Gasteiger partial charge in [-0.3, -0.25) is 15.0 Å². The van der Waals surface area contributed by atoms with Crippen molar-refractivity contribution >= 4 is 23.5 Å². The van der Waals surface area contributed by atoms with Crippen LogP contribution >= 0.6 is 0 Å². The third-order valence-corrected chi connectivity index (χ3v) is 8.36. The van der Waals surface area contributed by atoms with Crippen LogP contribution in [0.25, 0.3) is 0 Å². The van der Waals surface area contributed by atoms with E-state index in [1.807, 2.05) is 17.0 Å². The quantitative estimate of drug-likeness (QED) is 0.178. The molecule has 2 aliphatic heterocycles. The smallest absolute Gasteiger partial charge is 0.236 e. The van der Waals surface area contributed by atoms with Crippen LogP contribution in [0.4, 0.5) is 5.69 Å². The predicted octanol–water partition coefficient (Wildman–Crippen LogP) is 1.88. The number of hydrogen-bond acceptors (Lipinski definition) is 6. The molecule has 7 N–H and O–H groups in total. The number of rotatable bonds is 10. The Morgan fingerprint density at radius 2 is 1.84 bits per heavy atom. The number of piperidine rings is 1. The molecule has 2 atom stereocenters. The van der Waals surface area contributed by atoms with Crippen molar-refractivity contribution in [1.82, 2.24) is 15.5 Å². The molecule has 4 rings (SSSR count). The van der Waals surface area contributed by atoms with Gasteiger partial charge in [-0.05, 0) is 68.7 Å². The van der Waals surface area contributed by atoms with E-state index in [2.05, 4.69) is 21.6 Å². The van der Waals surface area contributed by atoms with Gasteiger partial charge in [-0.2, -0.15) is 5.26 Å². The zero-order valence-electron chi connectivity index (χ0n) is 22.3. The monoisotopic (exact) mass is 522 g/mol. The Bertz CT molecular complexity index is 1040. The minimum absolute atomic E-state index is 0.0695. The first-order valence-electron chi connectivity index (χ1n) is 14.1. The van der Waals surface area contributed by atoms with Gasteiger partial charge in [-0.25, -0.2) is 0 Å². The summed E-state index contributed by atoms with van der Waals surface area (Å²) in [7, 11) is 0. The molecule has 0 aromatic heterocycles. The summed E-state index contributed by atoms with van der Waals surface area (Å²) >= 11 is 0. The van der Waals surface area contributed by atoms with Crippen molar-refractivity contribution in [2.45, 2.75) is 88.3 Å². The van der Waals surface area contributed by atoms with Crippen molar-refractivity contribution in [2.75, 3.05) is 31.1 Å². The molecule has 10 nitrogen and oxygen atoms in total. The number of benzene rings is 1. The molecule has 1 aromatic rings. The molecule has 3 aliphatic rings. The number of nitrogens with two attached hydrogens (primary N) is 2. The van der Waals surface area contributed by atoms with E-state index in [0.717, 1.165) is 37.2 Å². The lowest BCUT2D eigenvalue weighted by Gasteiger charge is -2.41. The lowest BCUT2D eigenvalue weighted by atomic mass is 9.91. The Hall–Kier alpha value is -3.16. The van der Waals surface area contributed by atoms with Crippen molar-refractivity contribution in [3.05, 3.63) is 29.3 Å². The second kappa shape index (κ2) is 13.1. The highest BCUT2D eigenvalue weighted by molar-refractivity contribution is 6.05. The normalized spacial score (nSPS) is 21.5. The minimum atomic E-state index is -0.661. The van der Waals surface area contributed by atoms with Crippen molar-refractivity contribution in [1.29, 1.82) is 10.7 Å². The summed E-state index contributed by atoms with van der Waals surface area (Å²) in [6, 6.07) is 7.94. The molecule has 0 bridgehead atoms. The Balaban J connectivity index is 1.35. The first-order valence-corrected chi connectivity index (χ1v) is 14.1. The summed E-state index contributed by atoms with van der Waals surface area (Å²) in [5.41, 5.74) is 13.6. The van der Waals surface area contributed by atoms with Gasteiger partial charge in [0.1, 0.15) is 0 Å². The first-order chi connectivity index (χ1) is 18.4. The number of likely N-dealkylation sites (tertiary alicyclic amines) is 1. The molecule has 2 fully saturated rings. The van der Waals surface area contributed by atoms with Crippen LogP contribution in [0, 0.1) is 16.7 Å². The molecule has 0 radical (unpaired) electrons. The largest absolute Gasteiger partial charge is 0.370 e. The SMILES string of the molecule is N#Cc1ccc2c(c1)C(CCNC(=O)[C@@H](N)CCCNC(=N)N)C(=O)N2C1CCN(C2CCCCC2)CC1. The van der Waals surface area contributed by atoms with Gasteiger partial charge in [0, 0.05) is 44.0 Å². The maximum absolute atomic E-state index is 13.7. The number of carbonyl (C=O) groups excluding carboxylic acids is 2. The predicted molar refractivity (Wildman–Crippen MR) is 148 cm³/mol. The molecule has 2 amide bonds. The average Bonchev–Trinajstić information content (AvgIpc) is 3.21. The van der Waals surface area contributed by atoms with Crippen molar-refractivity contribution in [3.63, 3.8) is 0 Å². The second-order valence-corrected chi connectivity index (χ2v) is 10.9. The van der Waals surface area contributed by atoms with Crippen LogP contribution in [-0.2, 0) is 9.59 Å².